The zero-order valence-corrected chi connectivity index (χ0v) is 23.4. The van der Waals surface area contributed by atoms with E-state index in [-0.39, 0.29) is 18.2 Å². The molecule has 9 heteroatoms. The van der Waals surface area contributed by atoms with Gasteiger partial charge in [0.2, 0.25) is 5.91 Å². The number of benzene rings is 2. The van der Waals surface area contributed by atoms with Crippen molar-refractivity contribution in [2.24, 2.45) is 0 Å². The topological polar surface area (TPSA) is 73.0 Å². The van der Waals surface area contributed by atoms with Crippen LogP contribution in [0.4, 0.5) is 5.69 Å². The number of hydrogen-bond donors (Lipinski definition) is 1. The maximum Gasteiger partial charge on any atom is 0.255 e. The fourth-order valence-corrected chi connectivity index (χ4v) is 5.93. The van der Waals surface area contributed by atoms with Gasteiger partial charge >= 0.3 is 0 Å². The molecule has 0 bridgehead atoms. The maximum atomic E-state index is 13.0. The Kier molecular flexibility index (Phi) is 10.1. The maximum absolute atomic E-state index is 13.0. The fraction of sp³-hybridized carbons (Fsp3) is 0.483. The normalized spacial score (nSPS) is 16.4. The molecule has 2 amide bonds. The molecule has 0 aliphatic carbocycles. The molecule has 1 saturated heterocycles. The minimum Gasteiger partial charge on any atom is -0.368 e. The van der Waals surface area contributed by atoms with Gasteiger partial charge in [0.05, 0.1) is 16.8 Å². The first-order chi connectivity index (χ1) is 18.4. The molecular formula is C29H36Cl2N4O3. The minimum absolute atomic E-state index is 0.116. The van der Waals surface area contributed by atoms with Gasteiger partial charge in [0.15, 0.2) is 0 Å². The van der Waals surface area contributed by atoms with E-state index in [4.69, 9.17) is 23.2 Å². The number of anilines is 1. The molecule has 2 aliphatic rings. The third-order valence-corrected chi connectivity index (χ3v) is 8.18. The number of carbonyl (C=O) groups is 3. The molecule has 2 heterocycles. The third-order valence-electron chi connectivity index (χ3n) is 7.64. The number of amides is 2. The average Bonchev–Trinajstić information content (AvgIpc) is 3.26. The number of aryl methyl sites for hydroxylation is 1. The van der Waals surface area contributed by atoms with Crippen LogP contribution in [0.5, 0.6) is 0 Å². The predicted octanol–water partition coefficient (Wildman–Crippen LogP) is 4.58. The molecular weight excluding hydrogens is 523 g/mol. The molecule has 2 aliphatic heterocycles. The van der Waals surface area contributed by atoms with Crippen LogP contribution in [0.15, 0.2) is 36.4 Å². The lowest BCUT2D eigenvalue weighted by atomic mass is 9.98. The second-order valence-corrected chi connectivity index (χ2v) is 10.9. The van der Waals surface area contributed by atoms with Crippen LogP contribution in [-0.2, 0) is 22.6 Å². The molecule has 0 spiro atoms. The summed E-state index contributed by atoms with van der Waals surface area (Å²) in [5, 5.41) is 3.93. The molecule has 1 N–H and O–H groups in total. The zero-order valence-electron chi connectivity index (χ0n) is 21.9. The van der Waals surface area contributed by atoms with Crippen LogP contribution in [-0.4, -0.2) is 73.7 Å². The van der Waals surface area contributed by atoms with Crippen LogP contribution in [0.3, 0.4) is 0 Å². The summed E-state index contributed by atoms with van der Waals surface area (Å²) < 4.78 is 0. The van der Waals surface area contributed by atoms with Crippen molar-refractivity contribution in [3.8, 4) is 0 Å². The van der Waals surface area contributed by atoms with Gasteiger partial charge in [0, 0.05) is 56.8 Å². The van der Waals surface area contributed by atoms with Gasteiger partial charge in [-0.15, -0.1) is 0 Å². The first-order valence-electron chi connectivity index (χ1n) is 13.4. The van der Waals surface area contributed by atoms with Crippen LogP contribution >= 0.6 is 23.2 Å². The van der Waals surface area contributed by atoms with Crippen LogP contribution in [0.25, 0.3) is 0 Å². The highest BCUT2D eigenvalue weighted by atomic mass is 35.5. The van der Waals surface area contributed by atoms with Crippen LogP contribution in [0.1, 0.15) is 53.6 Å². The number of rotatable bonds is 12. The van der Waals surface area contributed by atoms with E-state index in [1.54, 1.807) is 18.0 Å². The Morgan fingerprint density at radius 2 is 1.87 bits per heavy atom. The average molecular weight is 560 g/mol. The molecule has 7 nitrogen and oxygen atoms in total. The van der Waals surface area contributed by atoms with E-state index < -0.39 is 6.04 Å². The Balaban J connectivity index is 1.21. The van der Waals surface area contributed by atoms with Crippen molar-refractivity contribution in [2.45, 2.75) is 51.1 Å². The lowest BCUT2D eigenvalue weighted by molar-refractivity contribution is -0.121. The first kappa shape index (κ1) is 28.4. The Morgan fingerprint density at radius 3 is 2.58 bits per heavy atom. The molecule has 2 aromatic carbocycles. The summed E-state index contributed by atoms with van der Waals surface area (Å²) >= 11 is 12.4. The summed E-state index contributed by atoms with van der Waals surface area (Å²) in [6.07, 6.45) is 5.56. The van der Waals surface area contributed by atoms with E-state index in [1.165, 1.54) is 5.56 Å². The van der Waals surface area contributed by atoms with E-state index in [1.807, 2.05) is 24.3 Å². The molecule has 204 valence electrons. The highest BCUT2D eigenvalue weighted by Crippen LogP contribution is 2.31. The number of aldehydes is 1. The van der Waals surface area contributed by atoms with Crippen LogP contribution < -0.4 is 10.2 Å². The largest absolute Gasteiger partial charge is 0.368 e. The van der Waals surface area contributed by atoms with Gasteiger partial charge in [-0.25, -0.2) is 0 Å². The smallest absolute Gasteiger partial charge is 0.255 e. The van der Waals surface area contributed by atoms with Crippen molar-refractivity contribution >= 4 is 47.0 Å². The number of unbranched alkanes of at least 4 members (excludes halogenated alkanes) is 2. The van der Waals surface area contributed by atoms with Crippen molar-refractivity contribution in [3.05, 3.63) is 63.1 Å². The van der Waals surface area contributed by atoms with Gasteiger partial charge in [0.1, 0.15) is 6.29 Å². The quantitative estimate of drug-likeness (QED) is 0.305. The first-order valence-corrected chi connectivity index (χ1v) is 14.2. The predicted molar refractivity (Wildman–Crippen MR) is 152 cm³/mol. The zero-order chi connectivity index (χ0) is 27.1. The van der Waals surface area contributed by atoms with E-state index in [2.05, 4.69) is 21.2 Å². The number of nitrogens with one attached hydrogen (secondary N) is 1. The number of nitrogens with zero attached hydrogens (tertiary/aromatic N) is 3. The molecule has 0 aromatic heterocycles. The summed E-state index contributed by atoms with van der Waals surface area (Å²) in [7, 11) is 1.57. The van der Waals surface area contributed by atoms with Crippen molar-refractivity contribution in [3.63, 3.8) is 0 Å². The van der Waals surface area contributed by atoms with Crippen LogP contribution in [0, 0.1) is 0 Å². The lowest BCUT2D eigenvalue weighted by Crippen LogP contribution is -2.46. The second-order valence-electron chi connectivity index (χ2n) is 10.0. The summed E-state index contributed by atoms with van der Waals surface area (Å²) in [5.41, 5.74) is 3.95. The van der Waals surface area contributed by atoms with Crippen molar-refractivity contribution in [1.82, 2.24) is 15.1 Å². The number of fused-ring (bicyclic) bond motifs is 1. The number of piperazine rings is 1. The molecule has 0 saturated carbocycles. The Morgan fingerprint density at radius 1 is 1.08 bits per heavy atom. The molecule has 2 aromatic rings. The number of halogens is 2. The van der Waals surface area contributed by atoms with Crippen molar-refractivity contribution < 1.29 is 14.4 Å². The van der Waals surface area contributed by atoms with Gasteiger partial charge in [-0.1, -0.05) is 41.8 Å². The Hall–Kier alpha value is -2.61. The van der Waals surface area contributed by atoms with E-state index in [9.17, 15) is 14.4 Å². The van der Waals surface area contributed by atoms with Gasteiger partial charge in [-0.05, 0) is 67.6 Å². The summed E-state index contributed by atoms with van der Waals surface area (Å²) in [4.78, 5) is 42.8. The molecule has 38 heavy (non-hydrogen) atoms. The highest BCUT2D eigenvalue weighted by molar-refractivity contribution is 6.36. The van der Waals surface area contributed by atoms with Gasteiger partial charge in [-0.3, -0.25) is 14.5 Å². The van der Waals surface area contributed by atoms with E-state index in [0.717, 1.165) is 75.9 Å². The summed E-state index contributed by atoms with van der Waals surface area (Å²) in [5.74, 6) is -0.246. The number of hydrogen-bond acceptors (Lipinski definition) is 5. The van der Waals surface area contributed by atoms with Gasteiger partial charge in [0.25, 0.3) is 5.91 Å². The molecule has 0 radical (unpaired) electrons. The van der Waals surface area contributed by atoms with Gasteiger partial charge < -0.3 is 19.9 Å². The lowest BCUT2D eigenvalue weighted by Gasteiger charge is -2.36. The monoisotopic (exact) mass is 558 g/mol. The highest BCUT2D eigenvalue weighted by Gasteiger charge is 2.33. The Labute approximate surface area is 235 Å². The SMILES string of the molecule is CNC(=O)CCC(C=O)N1Cc2c(CCCCCN3CCN(c4ccc(Cl)cc4Cl)CC3)cccc2C1=O. The van der Waals surface area contributed by atoms with Crippen molar-refractivity contribution in [2.75, 3.05) is 44.7 Å². The second kappa shape index (κ2) is 13.5. The Bertz CT molecular complexity index is 1150. The molecule has 1 atom stereocenters. The summed E-state index contributed by atoms with van der Waals surface area (Å²) in [6, 6.07) is 11.0. The molecule has 1 unspecified atom stereocenters. The summed E-state index contributed by atoms with van der Waals surface area (Å²) in [6.45, 7) is 5.44. The fourth-order valence-electron chi connectivity index (χ4n) is 5.40. The molecule has 1 fully saturated rings. The van der Waals surface area contributed by atoms with E-state index >= 15 is 0 Å². The third kappa shape index (κ3) is 6.87. The van der Waals surface area contributed by atoms with Crippen molar-refractivity contribution in [1.29, 1.82) is 0 Å². The minimum atomic E-state index is -0.587. The van der Waals surface area contributed by atoms with E-state index in [0.29, 0.717) is 28.6 Å². The standard InChI is InChI=1S/C29H36Cl2N4O3/c1-32-28(37)12-10-23(20-36)35-19-25-21(7-5-8-24(25)29(35)38)6-3-2-4-13-33-14-16-34(17-15-33)27-11-9-22(30)18-26(27)31/h5,7-9,11,18,20,23H,2-4,6,10,12-17,19H2,1H3,(H,32,37). The molecule has 4 rings (SSSR count). The number of carbonyl (C=O) groups excluding carboxylic acids is 3. The van der Waals surface area contributed by atoms with Gasteiger partial charge in [-0.2, -0.15) is 0 Å². The van der Waals surface area contributed by atoms with Crippen LogP contribution in [0.2, 0.25) is 10.0 Å².